The lowest BCUT2D eigenvalue weighted by atomic mass is 10.1. The van der Waals surface area contributed by atoms with Gasteiger partial charge in [0.15, 0.2) is 0 Å². The van der Waals surface area contributed by atoms with E-state index in [1.54, 1.807) is 0 Å². The van der Waals surface area contributed by atoms with Gasteiger partial charge in [0.1, 0.15) is 0 Å². The van der Waals surface area contributed by atoms with Crippen LogP contribution in [-0.2, 0) is 16.2 Å². The number of halogens is 4. The minimum atomic E-state index is -4.62. The molecule has 0 spiro atoms. The van der Waals surface area contributed by atoms with E-state index in [9.17, 15) is 21.6 Å². The van der Waals surface area contributed by atoms with Crippen molar-refractivity contribution in [3.05, 3.63) is 39.9 Å². The monoisotopic (exact) mass is 398 g/mol. The van der Waals surface area contributed by atoms with Crippen molar-refractivity contribution >= 4 is 26.0 Å². The van der Waals surface area contributed by atoms with Gasteiger partial charge in [-0.25, -0.2) is 13.1 Å². The molecule has 0 atom stereocenters. The summed E-state index contributed by atoms with van der Waals surface area (Å²) in [5.74, 6) is 0. The van der Waals surface area contributed by atoms with Crippen LogP contribution in [-0.4, -0.2) is 28.1 Å². The number of nitrogens with one attached hydrogen (secondary N) is 2. The van der Waals surface area contributed by atoms with E-state index in [2.05, 4.69) is 26.0 Å². The third kappa shape index (κ3) is 4.31. The summed E-state index contributed by atoms with van der Waals surface area (Å²) < 4.78 is 64.9. The molecule has 0 bridgehead atoms. The summed E-state index contributed by atoms with van der Waals surface area (Å²) >= 11 is 2.78. The van der Waals surface area contributed by atoms with Crippen molar-refractivity contribution in [1.82, 2.24) is 10.0 Å². The zero-order chi connectivity index (χ0) is 16.4. The van der Waals surface area contributed by atoms with Crippen molar-refractivity contribution in [2.45, 2.75) is 17.5 Å². The molecule has 4 nitrogen and oxygen atoms in total. The molecule has 0 unspecified atom stereocenters. The first-order valence-corrected chi connectivity index (χ1v) is 8.73. The molecule has 2 N–H and O–H groups in total. The topological polar surface area (TPSA) is 58.2 Å². The van der Waals surface area contributed by atoms with Crippen LogP contribution in [0.2, 0.25) is 0 Å². The molecule has 0 radical (unpaired) electrons. The van der Waals surface area contributed by atoms with Gasteiger partial charge >= 0.3 is 6.18 Å². The van der Waals surface area contributed by atoms with E-state index in [1.807, 2.05) is 6.08 Å². The van der Waals surface area contributed by atoms with Gasteiger partial charge in [0, 0.05) is 17.6 Å². The Morgan fingerprint density at radius 2 is 2.05 bits per heavy atom. The van der Waals surface area contributed by atoms with Crippen LogP contribution in [0.25, 0.3) is 0 Å². The van der Waals surface area contributed by atoms with Crippen molar-refractivity contribution in [3.8, 4) is 0 Å². The number of benzene rings is 1. The molecule has 0 saturated heterocycles. The third-order valence-electron chi connectivity index (χ3n) is 3.20. The first-order valence-electron chi connectivity index (χ1n) is 6.45. The summed E-state index contributed by atoms with van der Waals surface area (Å²) in [7, 11) is -3.99. The molecule has 0 saturated carbocycles. The summed E-state index contributed by atoms with van der Waals surface area (Å²) in [6.45, 7) is 1.51. The van der Waals surface area contributed by atoms with E-state index in [4.69, 9.17) is 0 Å². The molecule has 1 heterocycles. The van der Waals surface area contributed by atoms with Gasteiger partial charge in [-0.15, -0.1) is 0 Å². The maximum Gasteiger partial charge on any atom is 0.417 e. The molecular weight excluding hydrogens is 385 g/mol. The van der Waals surface area contributed by atoms with Crippen molar-refractivity contribution in [1.29, 1.82) is 0 Å². The summed E-state index contributed by atoms with van der Waals surface area (Å²) in [5, 5.41) is 3.09. The molecule has 1 aliphatic heterocycles. The summed E-state index contributed by atoms with van der Waals surface area (Å²) in [6.07, 6.45) is -2.05. The lowest BCUT2D eigenvalue weighted by molar-refractivity contribution is -0.138. The highest BCUT2D eigenvalue weighted by molar-refractivity contribution is 9.10. The van der Waals surface area contributed by atoms with Crippen LogP contribution in [0.3, 0.4) is 0 Å². The Hall–Kier alpha value is -0.900. The molecule has 122 valence electrons. The molecule has 0 aromatic heterocycles. The van der Waals surface area contributed by atoms with Gasteiger partial charge < -0.3 is 5.32 Å². The van der Waals surface area contributed by atoms with E-state index in [0.29, 0.717) is 19.0 Å². The summed E-state index contributed by atoms with van der Waals surface area (Å²) in [4.78, 5) is -0.405. The molecule has 1 aromatic rings. The Morgan fingerprint density at radius 1 is 1.32 bits per heavy atom. The fraction of sp³-hybridized carbons (Fsp3) is 0.385. The smallest absolute Gasteiger partial charge is 0.313 e. The van der Waals surface area contributed by atoms with E-state index in [-0.39, 0.29) is 11.0 Å². The minimum Gasteiger partial charge on any atom is -0.313 e. The van der Waals surface area contributed by atoms with Crippen LogP contribution < -0.4 is 10.0 Å². The molecule has 0 aliphatic carbocycles. The summed E-state index contributed by atoms with van der Waals surface area (Å²) in [6, 6.07) is 2.85. The molecule has 22 heavy (non-hydrogen) atoms. The zero-order valence-corrected chi connectivity index (χ0v) is 13.8. The fourth-order valence-electron chi connectivity index (χ4n) is 1.99. The van der Waals surface area contributed by atoms with Gasteiger partial charge in [-0.2, -0.15) is 13.2 Å². The lowest BCUT2D eigenvalue weighted by Gasteiger charge is -2.15. The number of hydrogen-bond acceptors (Lipinski definition) is 3. The van der Waals surface area contributed by atoms with Crippen molar-refractivity contribution in [2.75, 3.05) is 19.6 Å². The molecule has 0 fully saturated rings. The Labute approximate surface area is 135 Å². The number of sulfonamides is 1. The van der Waals surface area contributed by atoms with Gasteiger partial charge in [0.25, 0.3) is 0 Å². The number of hydrogen-bond donors (Lipinski definition) is 2. The Balaban J connectivity index is 2.20. The third-order valence-corrected chi connectivity index (χ3v) is 5.29. The van der Waals surface area contributed by atoms with Crippen LogP contribution in [0.1, 0.15) is 12.0 Å². The molecule has 2 rings (SSSR count). The standard InChI is InChI=1S/C13H14BrF3N2O2S/c14-12-2-1-10(7-11(12)13(15,16)17)22(20,21)19-8-9-3-5-18-6-4-9/h1-3,7,18-19H,4-6,8H2. The summed E-state index contributed by atoms with van der Waals surface area (Å²) in [5.41, 5.74) is -0.105. The average Bonchev–Trinajstić information content (AvgIpc) is 2.45. The maximum atomic E-state index is 12.8. The van der Waals surface area contributed by atoms with Crippen molar-refractivity contribution in [2.24, 2.45) is 0 Å². The van der Waals surface area contributed by atoms with Crippen molar-refractivity contribution < 1.29 is 21.6 Å². The first kappa shape index (κ1) is 17.5. The minimum absolute atomic E-state index is 0.0986. The highest BCUT2D eigenvalue weighted by Crippen LogP contribution is 2.36. The van der Waals surface area contributed by atoms with Gasteiger partial charge in [0.05, 0.1) is 10.5 Å². The molecule has 1 aromatic carbocycles. The van der Waals surface area contributed by atoms with Gasteiger partial charge in [-0.3, -0.25) is 0 Å². The van der Waals surface area contributed by atoms with E-state index in [1.165, 1.54) is 0 Å². The molecule has 1 aliphatic rings. The number of rotatable bonds is 4. The van der Waals surface area contributed by atoms with Gasteiger partial charge in [-0.05, 0) is 31.2 Å². The highest BCUT2D eigenvalue weighted by Gasteiger charge is 2.34. The average molecular weight is 399 g/mol. The molecular formula is C13H14BrF3N2O2S. The fourth-order valence-corrected chi connectivity index (χ4v) is 3.52. The second kappa shape index (κ2) is 6.69. The zero-order valence-electron chi connectivity index (χ0n) is 11.4. The van der Waals surface area contributed by atoms with E-state index >= 15 is 0 Å². The molecule has 0 amide bonds. The normalized spacial score (nSPS) is 16.5. The second-order valence-corrected chi connectivity index (χ2v) is 7.40. The Bertz CT molecular complexity index is 687. The Morgan fingerprint density at radius 3 is 2.64 bits per heavy atom. The van der Waals surface area contributed by atoms with Gasteiger partial charge in [-0.1, -0.05) is 27.6 Å². The quantitative estimate of drug-likeness (QED) is 0.766. The Kier molecular flexibility index (Phi) is 5.31. The van der Waals surface area contributed by atoms with Crippen LogP contribution in [0.5, 0.6) is 0 Å². The predicted molar refractivity (Wildman–Crippen MR) is 79.9 cm³/mol. The SMILES string of the molecule is O=S(=O)(NCC1=CCNCC1)c1ccc(Br)c(C(F)(F)F)c1. The van der Waals surface area contributed by atoms with E-state index in [0.717, 1.165) is 24.3 Å². The molecule has 9 heteroatoms. The van der Waals surface area contributed by atoms with Gasteiger partial charge in [0.2, 0.25) is 10.0 Å². The van der Waals surface area contributed by atoms with Crippen LogP contribution >= 0.6 is 15.9 Å². The highest BCUT2D eigenvalue weighted by atomic mass is 79.9. The van der Waals surface area contributed by atoms with Crippen molar-refractivity contribution in [3.63, 3.8) is 0 Å². The largest absolute Gasteiger partial charge is 0.417 e. The second-order valence-electron chi connectivity index (χ2n) is 4.78. The lowest BCUT2D eigenvalue weighted by Crippen LogP contribution is -2.30. The van der Waals surface area contributed by atoms with Crippen LogP contribution in [0.15, 0.2) is 39.2 Å². The van der Waals surface area contributed by atoms with Crippen LogP contribution in [0, 0.1) is 0 Å². The van der Waals surface area contributed by atoms with E-state index < -0.39 is 26.7 Å². The number of alkyl halides is 3. The predicted octanol–water partition coefficient (Wildman–Crippen LogP) is 2.67. The first-order chi connectivity index (χ1) is 10.2. The van der Waals surface area contributed by atoms with Crippen LogP contribution in [0.4, 0.5) is 13.2 Å². The maximum absolute atomic E-state index is 12.8.